The fourth-order valence-electron chi connectivity index (χ4n) is 1.45. The summed E-state index contributed by atoms with van der Waals surface area (Å²) in [6.45, 7) is 6.89. The number of nitrogens with one attached hydrogen (secondary N) is 1. The van der Waals surface area contributed by atoms with Gasteiger partial charge in [-0.05, 0) is 24.6 Å². The number of hydrogen-bond acceptors (Lipinski definition) is 3. The van der Waals surface area contributed by atoms with E-state index < -0.39 is 0 Å². The van der Waals surface area contributed by atoms with Gasteiger partial charge in [-0.15, -0.1) is 11.3 Å². The Kier molecular flexibility index (Phi) is 4.77. The van der Waals surface area contributed by atoms with E-state index in [1.807, 2.05) is 20.8 Å². The zero-order valence-electron chi connectivity index (χ0n) is 9.21. The van der Waals surface area contributed by atoms with Crippen molar-refractivity contribution in [1.29, 1.82) is 0 Å². The number of carbonyl (C=O) groups excluding carboxylic acids is 1. The monoisotopic (exact) mass is 245 g/mol. The van der Waals surface area contributed by atoms with E-state index >= 15 is 0 Å². The number of likely N-dealkylation sites (N-methyl/N-ethyl adjacent to an activating group) is 1. The van der Waals surface area contributed by atoms with Crippen LogP contribution in [0.5, 0.6) is 0 Å². The van der Waals surface area contributed by atoms with Crippen LogP contribution in [0.4, 0.5) is 0 Å². The Morgan fingerprint density at radius 1 is 1.53 bits per heavy atom. The van der Waals surface area contributed by atoms with Gasteiger partial charge in [0.1, 0.15) is 0 Å². The zero-order valence-corrected chi connectivity index (χ0v) is 10.8. The molecule has 0 amide bonds. The number of Topliss-reactive ketones (excluding diaryl/α,β-unsaturated/α-hetero) is 1. The van der Waals surface area contributed by atoms with E-state index in [-0.39, 0.29) is 11.8 Å². The quantitative estimate of drug-likeness (QED) is 0.808. The van der Waals surface area contributed by atoms with E-state index in [0.717, 1.165) is 11.4 Å². The van der Waals surface area contributed by atoms with Crippen molar-refractivity contribution in [3.05, 3.63) is 21.3 Å². The summed E-state index contributed by atoms with van der Waals surface area (Å²) in [4.78, 5) is 12.8. The maximum absolute atomic E-state index is 12.1. The number of carbonyl (C=O) groups is 1. The number of rotatable bonds is 5. The minimum atomic E-state index is -0.107. The average Bonchev–Trinajstić information content (AvgIpc) is 2.59. The Balaban J connectivity index is 2.80. The van der Waals surface area contributed by atoms with Gasteiger partial charge in [-0.1, -0.05) is 32.4 Å². The molecule has 0 bridgehead atoms. The summed E-state index contributed by atoms with van der Waals surface area (Å²) in [5.74, 6) is 0.432. The highest BCUT2D eigenvalue weighted by Crippen LogP contribution is 2.23. The van der Waals surface area contributed by atoms with E-state index in [2.05, 4.69) is 5.32 Å². The molecule has 1 heterocycles. The fourth-order valence-corrected chi connectivity index (χ4v) is 2.47. The second-order valence-corrected chi connectivity index (χ2v) is 5.46. The molecule has 0 aliphatic heterocycles. The van der Waals surface area contributed by atoms with Gasteiger partial charge in [0.2, 0.25) is 0 Å². The Labute approximate surface area is 99.6 Å². The molecule has 0 aliphatic carbocycles. The van der Waals surface area contributed by atoms with Crippen LogP contribution in [0.15, 0.2) is 12.1 Å². The molecule has 0 aliphatic rings. The zero-order chi connectivity index (χ0) is 11.4. The lowest BCUT2D eigenvalue weighted by molar-refractivity contribution is 0.0922. The van der Waals surface area contributed by atoms with Crippen LogP contribution in [0.25, 0.3) is 0 Å². The summed E-state index contributed by atoms with van der Waals surface area (Å²) >= 11 is 7.16. The van der Waals surface area contributed by atoms with Gasteiger partial charge in [0.05, 0.1) is 15.3 Å². The lowest BCUT2D eigenvalue weighted by atomic mass is 9.99. The molecule has 4 heteroatoms. The van der Waals surface area contributed by atoms with E-state index in [9.17, 15) is 4.79 Å². The Morgan fingerprint density at radius 3 is 2.60 bits per heavy atom. The number of ketones is 1. The van der Waals surface area contributed by atoms with Gasteiger partial charge < -0.3 is 5.32 Å². The van der Waals surface area contributed by atoms with Gasteiger partial charge >= 0.3 is 0 Å². The molecule has 0 saturated carbocycles. The highest BCUT2D eigenvalue weighted by Gasteiger charge is 2.23. The van der Waals surface area contributed by atoms with Crippen LogP contribution >= 0.6 is 22.9 Å². The van der Waals surface area contributed by atoms with Gasteiger partial charge in [0.15, 0.2) is 5.78 Å². The minimum absolute atomic E-state index is 0.107. The van der Waals surface area contributed by atoms with Gasteiger partial charge in [-0.25, -0.2) is 0 Å². The highest BCUT2D eigenvalue weighted by atomic mass is 35.5. The largest absolute Gasteiger partial charge is 0.307 e. The number of halogens is 1. The number of hydrogen-bond donors (Lipinski definition) is 1. The van der Waals surface area contributed by atoms with E-state index in [1.54, 1.807) is 12.1 Å². The van der Waals surface area contributed by atoms with Crippen molar-refractivity contribution in [2.75, 3.05) is 6.54 Å². The normalized spacial score (nSPS) is 13.1. The lowest BCUT2D eigenvalue weighted by Gasteiger charge is -2.19. The predicted molar refractivity (Wildman–Crippen MR) is 66.0 cm³/mol. The molecule has 15 heavy (non-hydrogen) atoms. The van der Waals surface area contributed by atoms with Crippen molar-refractivity contribution in [3.8, 4) is 0 Å². The molecule has 1 aromatic rings. The summed E-state index contributed by atoms with van der Waals surface area (Å²) in [5, 5.41) is 3.20. The first-order chi connectivity index (χ1) is 7.06. The van der Waals surface area contributed by atoms with Crippen molar-refractivity contribution in [2.24, 2.45) is 5.92 Å². The minimum Gasteiger partial charge on any atom is -0.307 e. The SMILES string of the molecule is CCNC(C(=O)c1ccc(Cl)s1)C(C)C. The standard InChI is InChI=1S/C11H16ClNOS/c1-4-13-10(7(2)3)11(14)8-5-6-9(12)15-8/h5-7,10,13H,4H2,1-3H3. The summed E-state index contributed by atoms with van der Waals surface area (Å²) < 4.78 is 0.664. The first kappa shape index (κ1) is 12.7. The fraction of sp³-hybridized carbons (Fsp3) is 0.545. The van der Waals surface area contributed by atoms with Crippen LogP contribution in [-0.4, -0.2) is 18.4 Å². The predicted octanol–water partition coefficient (Wildman–Crippen LogP) is 3.22. The van der Waals surface area contributed by atoms with E-state index in [0.29, 0.717) is 10.3 Å². The Bertz CT molecular complexity index is 335. The van der Waals surface area contributed by atoms with Crippen molar-refractivity contribution in [3.63, 3.8) is 0 Å². The molecule has 0 fully saturated rings. The van der Waals surface area contributed by atoms with Gasteiger partial charge in [-0.2, -0.15) is 0 Å². The average molecular weight is 246 g/mol. The summed E-state index contributed by atoms with van der Waals surface area (Å²) in [7, 11) is 0. The van der Waals surface area contributed by atoms with Crippen LogP contribution in [0.3, 0.4) is 0 Å². The molecule has 0 aromatic carbocycles. The summed E-state index contributed by atoms with van der Waals surface area (Å²) in [5.41, 5.74) is 0. The van der Waals surface area contributed by atoms with Crippen LogP contribution in [0.2, 0.25) is 4.34 Å². The van der Waals surface area contributed by atoms with Gasteiger partial charge in [0, 0.05) is 0 Å². The maximum atomic E-state index is 12.1. The second kappa shape index (κ2) is 5.64. The molecule has 1 atom stereocenters. The summed E-state index contributed by atoms with van der Waals surface area (Å²) in [6, 6.07) is 3.45. The van der Waals surface area contributed by atoms with E-state index in [4.69, 9.17) is 11.6 Å². The van der Waals surface area contributed by atoms with Crippen molar-refractivity contribution in [2.45, 2.75) is 26.8 Å². The third-order valence-electron chi connectivity index (χ3n) is 2.19. The molecular formula is C11H16ClNOS. The molecule has 0 radical (unpaired) electrons. The molecule has 1 unspecified atom stereocenters. The molecule has 84 valence electrons. The molecule has 1 aromatic heterocycles. The molecule has 1 N–H and O–H groups in total. The van der Waals surface area contributed by atoms with Crippen molar-refractivity contribution >= 4 is 28.7 Å². The van der Waals surface area contributed by atoms with Crippen LogP contribution in [0.1, 0.15) is 30.4 Å². The third-order valence-corrected chi connectivity index (χ3v) is 3.43. The topological polar surface area (TPSA) is 29.1 Å². The van der Waals surface area contributed by atoms with Crippen LogP contribution in [-0.2, 0) is 0 Å². The van der Waals surface area contributed by atoms with Crippen LogP contribution < -0.4 is 5.32 Å². The van der Waals surface area contributed by atoms with Crippen molar-refractivity contribution in [1.82, 2.24) is 5.32 Å². The molecule has 0 spiro atoms. The first-order valence-corrected chi connectivity index (χ1v) is 6.28. The van der Waals surface area contributed by atoms with Gasteiger partial charge in [-0.3, -0.25) is 4.79 Å². The Hall–Kier alpha value is -0.380. The van der Waals surface area contributed by atoms with Crippen molar-refractivity contribution < 1.29 is 4.79 Å². The molecule has 2 nitrogen and oxygen atoms in total. The smallest absolute Gasteiger partial charge is 0.189 e. The summed E-state index contributed by atoms with van der Waals surface area (Å²) in [6.07, 6.45) is 0. The Morgan fingerprint density at radius 2 is 2.20 bits per heavy atom. The molecular weight excluding hydrogens is 230 g/mol. The molecule has 1 rings (SSSR count). The van der Waals surface area contributed by atoms with Gasteiger partial charge in [0.25, 0.3) is 0 Å². The van der Waals surface area contributed by atoms with E-state index in [1.165, 1.54) is 11.3 Å². The third kappa shape index (κ3) is 3.30. The number of thiophene rings is 1. The second-order valence-electron chi connectivity index (χ2n) is 3.75. The van der Waals surface area contributed by atoms with Crippen LogP contribution in [0, 0.1) is 5.92 Å². The molecule has 0 saturated heterocycles. The first-order valence-electron chi connectivity index (χ1n) is 5.09. The lowest BCUT2D eigenvalue weighted by Crippen LogP contribution is -2.40. The highest BCUT2D eigenvalue weighted by molar-refractivity contribution is 7.18. The maximum Gasteiger partial charge on any atom is 0.189 e.